The molecule has 4 heterocycles. The van der Waals surface area contributed by atoms with Gasteiger partial charge in [0.2, 0.25) is 5.95 Å². The number of benzene rings is 8. The lowest BCUT2D eigenvalue weighted by Gasteiger charge is -2.43. The van der Waals surface area contributed by atoms with Gasteiger partial charge in [-0.3, -0.25) is 4.57 Å². The molecule has 0 radical (unpaired) electrons. The van der Waals surface area contributed by atoms with Crippen LogP contribution in [0.4, 0.5) is 17.1 Å². The third-order valence-corrected chi connectivity index (χ3v) is 12.4. The molecule has 0 saturated heterocycles. The van der Waals surface area contributed by atoms with E-state index in [9.17, 15) is 0 Å². The maximum absolute atomic E-state index is 7.65. The Kier molecular flexibility index (Phi) is 6.31. The van der Waals surface area contributed by atoms with E-state index in [4.69, 9.17) is 14.4 Å². The second-order valence-electron chi connectivity index (χ2n) is 15.3. The lowest BCUT2D eigenvalue weighted by molar-refractivity contribution is 0.501. The van der Waals surface area contributed by atoms with Gasteiger partial charge in [0.15, 0.2) is 5.58 Å². The largest absolute Gasteiger partial charge is 0.456 e. The number of nitrogens with zero attached hydrogens (tertiary/aromatic N) is 4. The number of para-hydroxylation sites is 5. The summed E-state index contributed by atoms with van der Waals surface area (Å²) in [6.45, 7) is 0. The van der Waals surface area contributed by atoms with E-state index in [0.29, 0.717) is 5.95 Å². The van der Waals surface area contributed by atoms with Crippen LogP contribution in [-0.4, -0.2) is 14.5 Å². The molecular formula is C53H32N4O. The summed E-state index contributed by atoms with van der Waals surface area (Å²) >= 11 is 0. The van der Waals surface area contributed by atoms with Crippen LogP contribution in [0.5, 0.6) is 0 Å². The van der Waals surface area contributed by atoms with Crippen LogP contribution in [0, 0.1) is 0 Å². The summed E-state index contributed by atoms with van der Waals surface area (Å²) < 4.78 is 9.88. The molecule has 0 fully saturated rings. The van der Waals surface area contributed by atoms with E-state index in [1.165, 1.54) is 22.3 Å². The van der Waals surface area contributed by atoms with Gasteiger partial charge in [0.05, 0.1) is 28.1 Å². The first-order valence-corrected chi connectivity index (χ1v) is 19.8. The predicted octanol–water partition coefficient (Wildman–Crippen LogP) is 13.3. The van der Waals surface area contributed by atoms with Gasteiger partial charge in [-0.15, -0.1) is 0 Å². The van der Waals surface area contributed by atoms with E-state index in [-0.39, 0.29) is 0 Å². The number of furan rings is 1. The van der Waals surface area contributed by atoms with Gasteiger partial charge < -0.3 is 9.32 Å². The van der Waals surface area contributed by atoms with Crippen molar-refractivity contribution in [2.45, 2.75) is 5.41 Å². The minimum absolute atomic E-state index is 0.606. The molecule has 0 amide bonds. The normalized spacial score (nSPS) is 13.6. The molecule has 1 spiro atoms. The molecule has 0 atom stereocenters. The highest BCUT2D eigenvalue weighted by atomic mass is 16.3. The number of hydrogen-bond donors (Lipinski definition) is 0. The maximum atomic E-state index is 7.65. The van der Waals surface area contributed by atoms with Gasteiger partial charge in [0, 0.05) is 38.4 Å². The Morgan fingerprint density at radius 2 is 1.07 bits per heavy atom. The van der Waals surface area contributed by atoms with Crippen LogP contribution in [-0.2, 0) is 5.41 Å². The highest BCUT2D eigenvalue weighted by Crippen LogP contribution is 2.65. The van der Waals surface area contributed by atoms with Gasteiger partial charge >= 0.3 is 0 Å². The molecule has 3 aromatic heterocycles. The van der Waals surface area contributed by atoms with Crippen LogP contribution in [0.3, 0.4) is 0 Å². The van der Waals surface area contributed by atoms with Crippen LogP contribution in [0.1, 0.15) is 22.5 Å². The van der Waals surface area contributed by atoms with Crippen molar-refractivity contribution < 1.29 is 4.42 Å². The Labute approximate surface area is 333 Å². The summed E-state index contributed by atoms with van der Waals surface area (Å²) in [6.07, 6.45) is 0. The first-order chi connectivity index (χ1) is 28.8. The van der Waals surface area contributed by atoms with Crippen LogP contribution >= 0.6 is 0 Å². The quantitative estimate of drug-likeness (QED) is 0.181. The topological polar surface area (TPSA) is 47.1 Å². The molecule has 0 saturated carbocycles. The number of rotatable bonds is 3. The molecule has 58 heavy (non-hydrogen) atoms. The van der Waals surface area contributed by atoms with E-state index < -0.39 is 5.41 Å². The summed E-state index contributed by atoms with van der Waals surface area (Å²) in [7, 11) is 0. The molecule has 0 unspecified atom stereocenters. The second-order valence-corrected chi connectivity index (χ2v) is 15.3. The van der Waals surface area contributed by atoms with E-state index in [2.05, 4.69) is 191 Å². The van der Waals surface area contributed by atoms with Gasteiger partial charge in [0.1, 0.15) is 16.7 Å². The van der Waals surface area contributed by atoms with E-state index in [1.54, 1.807) is 0 Å². The first-order valence-electron chi connectivity index (χ1n) is 19.8. The van der Waals surface area contributed by atoms with Crippen molar-refractivity contribution in [2.75, 3.05) is 4.90 Å². The number of anilines is 3. The van der Waals surface area contributed by atoms with Crippen LogP contribution < -0.4 is 4.90 Å². The van der Waals surface area contributed by atoms with Gasteiger partial charge in [-0.2, -0.15) is 0 Å². The molecule has 13 rings (SSSR count). The Morgan fingerprint density at radius 1 is 0.466 bits per heavy atom. The standard InChI is InChI=1S/C53H32N4O/c1-3-17-33(18-4-1)48-38-23-8-13-27-43(38)54-52(55-48)57-44-28-14-9-21-35(44)36-31-32-39-47-37-22-7-10-24-40(37)53(51(47)58-50(39)49(36)57)41-25-11-15-29-45(41)56(34-19-5-2-6-20-34)46-30-16-12-26-42(46)53/h1-32H. The van der Waals surface area contributed by atoms with Gasteiger partial charge in [-0.1, -0.05) is 152 Å². The van der Waals surface area contributed by atoms with E-state index in [1.807, 2.05) is 12.1 Å². The first kappa shape index (κ1) is 31.4. The van der Waals surface area contributed by atoms with Gasteiger partial charge in [-0.25, -0.2) is 9.97 Å². The number of aromatic nitrogens is 3. The zero-order valence-corrected chi connectivity index (χ0v) is 31.2. The molecular weight excluding hydrogens is 709 g/mol. The predicted molar refractivity (Wildman–Crippen MR) is 235 cm³/mol. The summed E-state index contributed by atoms with van der Waals surface area (Å²) in [5.41, 5.74) is 14.2. The average Bonchev–Trinajstić information content (AvgIpc) is 3.94. The minimum atomic E-state index is -0.716. The van der Waals surface area contributed by atoms with Crippen molar-refractivity contribution >= 4 is 60.7 Å². The van der Waals surface area contributed by atoms with Crippen molar-refractivity contribution in [1.29, 1.82) is 0 Å². The Bertz CT molecular complexity index is 3430. The molecule has 11 aromatic rings. The number of fused-ring (bicyclic) bond motifs is 16. The average molecular weight is 741 g/mol. The smallest absolute Gasteiger partial charge is 0.235 e. The Balaban J connectivity index is 1.17. The molecule has 5 nitrogen and oxygen atoms in total. The molecule has 1 aliphatic heterocycles. The fourth-order valence-corrected chi connectivity index (χ4v) is 10.1. The zero-order chi connectivity index (χ0) is 38.0. The second kappa shape index (κ2) is 11.6. The highest BCUT2D eigenvalue weighted by molar-refractivity contribution is 6.20. The lowest BCUT2D eigenvalue weighted by atomic mass is 9.66. The van der Waals surface area contributed by atoms with Gasteiger partial charge in [-0.05, 0) is 64.7 Å². The fraction of sp³-hybridized carbons (Fsp3) is 0.0189. The molecule has 8 aromatic carbocycles. The molecule has 2 aliphatic rings. The molecule has 5 heteroatoms. The lowest BCUT2D eigenvalue weighted by Crippen LogP contribution is -2.36. The molecule has 0 N–H and O–H groups in total. The summed E-state index contributed by atoms with van der Waals surface area (Å²) in [5.74, 6) is 1.54. The van der Waals surface area contributed by atoms with E-state index >= 15 is 0 Å². The van der Waals surface area contributed by atoms with Crippen molar-refractivity contribution in [2.24, 2.45) is 0 Å². The highest BCUT2D eigenvalue weighted by Gasteiger charge is 2.55. The number of hydrogen-bond acceptors (Lipinski definition) is 4. The minimum Gasteiger partial charge on any atom is -0.456 e. The third kappa shape index (κ3) is 3.99. The third-order valence-electron chi connectivity index (χ3n) is 12.4. The SMILES string of the molecule is c1ccc(-c2nc(-n3c4ccccc4c4ccc5c6c(oc5c43)C3(c4ccccc4-6)c4ccccc4N(c4ccccc4)c4ccccc43)nc3ccccc23)cc1. The molecule has 1 aliphatic carbocycles. The molecule has 270 valence electrons. The maximum Gasteiger partial charge on any atom is 0.235 e. The fourth-order valence-electron chi connectivity index (χ4n) is 10.1. The van der Waals surface area contributed by atoms with Crippen LogP contribution in [0.2, 0.25) is 0 Å². The summed E-state index contributed by atoms with van der Waals surface area (Å²) in [5, 5.41) is 4.30. The Morgan fingerprint density at radius 3 is 1.84 bits per heavy atom. The summed E-state index contributed by atoms with van der Waals surface area (Å²) in [6, 6.07) is 69.1. The van der Waals surface area contributed by atoms with Gasteiger partial charge in [0.25, 0.3) is 0 Å². The van der Waals surface area contributed by atoms with E-state index in [0.717, 1.165) is 83.3 Å². The van der Waals surface area contributed by atoms with Crippen molar-refractivity contribution in [1.82, 2.24) is 14.5 Å². The van der Waals surface area contributed by atoms with Crippen LogP contribution in [0.25, 0.3) is 72.0 Å². The van der Waals surface area contributed by atoms with Crippen molar-refractivity contribution in [3.8, 4) is 28.3 Å². The monoisotopic (exact) mass is 740 g/mol. The van der Waals surface area contributed by atoms with Crippen molar-refractivity contribution in [3.63, 3.8) is 0 Å². The Hall–Kier alpha value is -7.76. The van der Waals surface area contributed by atoms with Crippen LogP contribution in [0.15, 0.2) is 199 Å². The molecule has 0 bridgehead atoms. The van der Waals surface area contributed by atoms with Crippen molar-refractivity contribution in [3.05, 3.63) is 217 Å². The zero-order valence-electron chi connectivity index (χ0n) is 31.2. The summed E-state index contributed by atoms with van der Waals surface area (Å²) in [4.78, 5) is 13.1.